The first-order valence-electron chi connectivity index (χ1n) is 4.86. The predicted octanol–water partition coefficient (Wildman–Crippen LogP) is 3.97. The number of alkyl halides is 1. The minimum absolute atomic E-state index is 0.123. The molecule has 78 valence electrons. The fourth-order valence-electron chi connectivity index (χ4n) is 1.19. The third-order valence-electron chi connectivity index (χ3n) is 2.06. The summed E-state index contributed by atoms with van der Waals surface area (Å²) in [5, 5.41) is 0. The van der Waals surface area contributed by atoms with Crippen LogP contribution in [0, 0.1) is 5.92 Å². The molecule has 2 heteroatoms. The Kier molecular flexibility index (Phi) is 7.39. The Bertz CT molecular complexity index is 150. The van der Waals surface area contributed by atoms with E-state index in [2.05, 4.69) is 26.8 Å². The molecule has 0 N–H and O–H groups in total. The molecular weight excluding hydrogens is 184 g/mol. The topological polar surface area (TPSA) is 9.23 Å². The molecule has 0 aromatic heterocycles. The smallest absolute Gasteiger partial charge is 0.131 e. The Hall–Kier alpha value is -0.0100. The summed E-state index contributed by atoms with van der Waals surface area (Å²) in [6, 6.07) is 0. The third-order valence-corrected chi connectivity index (χ3v) is 2.41. The number of hydrogen-bond acceptors (Lipinski definition) is 1. The highest BCUT2D eigenvalue weighted by atomic mass is 35.5. The van der Waals surface area contributed by atoms with E-state index in [-0.39, 0.29) is 5.56 Å². The summed E-state index contributed by atoms with van der Waals surface area (Å²) < 4.78 is 5.00. The number of methoxy groups -OCH3 is 1. The van der Waals surface area contributed by atoms with Gasteiger partial charge < -0.3 is 4.74 Å². The number of allylic oxidation sites excluding steroid dienone is 2. The van der Waals surface area contributed by atoms with Gasteiger partial charge in [0.05, 0.1) is 0 Å². The monoisotopic (exact) mass is 204 g/mol. The van der Waals surface area contributed by atoms with E-state index in [0.717, 1.165) is 12.8 Å². The minimum atomic E-state index is -0.123. The zero-order valence-electron chi connectivity index (χ0n) is 9.14. The van der Waals surface area contributed by atoms with E-state index in [9.17, 15) is 0 Å². The highest BCUT2D eigenvalue weighted by Gasteiger charge is 2.08. The lowest BCUT2D eigenvalue weighted by molar-refractivity contribution is 0.144. The van der Waals surface area contributed by atoms with Gasteiger partial charge in [-0.2, -0.15) is 0 Å². The fourth-order valence-corrected chi connectivity index (χ4v) is 1.49. The number of halogens is 1. The van der Waals surface area contributed by atoms with Crippen LogP contribution in [0.2, 0.25) is 0 Å². The van der Waals surface area contributed by atoms with Crippen molar-refractivity contribution >= 4 is 11.6 Å². The Morgan fingerprint density at radius 2 is 2.08 bits per heavy atom. The summed E-state index contributed by atoms with van der Waals surface area (Å²) in [6.07, 6.45) is 5.55. The molecule has 1 nitrogen and oxygen atoms in total. The van der Waals surface area contributed by atoms with Gasteiger partial charge >= 0.3 is 0 Å². The van der Waals surface area contributed by atoms with Gasteiger partial charge in [0.15, 0.2) is 0 Å². The Morgan fingerprint density at radius 1 is 1.46 bits per heavy atom. The maximum absolute atomic E-state index is 5.86. The van der Waals surface area contributed by atoms with Crippen molar-refractivity contribution in [2.45, 2.75) is 45.6 Å². The van der Waals surface area contributed by atoms with Crippen LogP contribution in [0.3, 0.4) is 0 Å². The standard InChI is InChI=1S/C11H21ClO/c1-9(2)6-5-7-10(3)8-11(12)13-4/h6,10-11H,5,7-8H2,1-4H3. The van der Waals surface area contributed by atoms with Crippen LogP contribution < -0.4 is 0 Å². The van der Waals surface area contributed by atoms with E-state index in [1.165, 1.54) is 12.0 Å². The molecule has 0 rings (SSSR count). The van der Waals surface area contributed by atoms with Crippen LogP contribution in [0.5, 0.6) is 0 Å². The molecule has 0 heterocycles. The summed E-state index contributed by atoms with van der Waals surface area (Å²) in [6.45, 7) is 6.47. The van der Waals surface area contributed by atoms with E-state index in [1.54, 1.807) is 7.11 Å². The van der Waals surface area contributed by atoms with E-state index in [4.69, 9.17) is 16.3 Å². The summed E-state index contributed by atoms with van der Waals surface area (Å²) in [7, 11) is 1.65. The normalized spacial score (nSPS) is 15.2. The first-order chi connectivity index (χ1) is 6.06. The van der Waals surface area contributed by atoms with Gasteiger partial charge in [-0.05, 0) is 39.0 Å². The average Bonchev–Trinajstić information content (AvgIpc) is 2.03. The second-order valence-corrected chi connectivity index (χ2v) is 4.33. The van der Waals surface area contributed by atoms with Crippen LogP contribution >= 0.6 is 11.6 Å². The molecule has 0 aromatic carbocycles. The van der Waals surface area contributed by atoms with Crippen LogP contribution in [-0.2, 0) is 4.74 Å². The van der Waals surface area contributed by atoms with Crippen molar-refractivity contribution in [1.82, 2.24) is 0 Å². The lowest BCUT2D eigenvalue weighted by Crippen LogP contribution is -2.07. The molecule has 0 spiro atoms. The van der Waals surface area contributed by atoms with E-state index >= 15 is 0 Å². The quantitative estimate of drug-likeness (QED) is 0.470. The molecule has 0 amide bonds. The van der Waals surface area contributed by atoms with Crippen LogP contribution in [0.4, 0.5) is 0 Å². The Balaban J connectivity index is 3.51. The van der Waals surface area contributed by atoms with Gasteiger partial charge in [0.1, 0.15) is 5.56 Å². The molecular formula is C11H21ClO. The molecule has 0 fully saturated rings. The third kappa shape index (κ3) is 8.32. The fraction of sp³-hybridized carbons (Fsp3) is 0.818. The van der Waals surface area contributed by atoms with Crippen molar-refractivity contribution in [2.75, 3.05) is 7.11 Å². The lowest BCUT2D eigenvalue weighted by atomic mass is 10.0. The van der Waals surface area contributed by atoms with Gasteiger partial charge in [-0.3, -0.25) is 0 Å². The van der Waals surface area contributed by atoms with Gasteiger partial charge in [-0.1, -0.05) is 30.2 Å². The first-order valence-corrected chi connectivity index (χ1v) is 5.30. The van der Waals surface area contributed by atoms with Crippen LogP contribution in [0.25, 0.3) is 0 Å². The second kappa shape index (κ2) is 7.40. The predicted molar refractivity (Wildman–Crippen MR) is 59.1 cm³/mol. The molecule has 0 radical (unpaired) electrons. The first kappa shape index (κ1) is 13.0. The minimum Gasteiger partial charge on any atom is -0.366 e. The van der Waals surface area contributed by atoms with Crippen molar-refractivity contribution in [3.63, 3.8) is 0 Å². The van der Waals surface area contributed by atoms with Gasteiger partial charge in [0.2, 0.25) is 0 Å². The van der Waals surface area contributed by atoms with E-state index < -0.39 is 0 Å². The Morgan fingerprint density at radius 3 is 2.54 bits per heavy atom. The summed E-state index contributed by atoms with van der Waals surface area (Å²) in [4.78, 5) is 0. The molecule has 0 aromatic rings. The van der Waals surface area contributed by atoms with E-state index in [0.29, 0.717) is 5.92 Å². The maximum atomic E-state index is 5.86. The van der Waals surface area contributed by atoms with Crippen LogP contribution in [0.15, 0.2) is 11.6 Å². The van der Waals surface area contributed by atoms with Crippen LogP contribution in [0.1, 0.15) is 40.0 Å². The molecule has 13 heavy (non-hydrogen) atoms. The van der Waals surface area contributed by atoms with Gasteiger partial charge in [0.25, 0.3) is 0 Å². The molecule has 0 saturated heterocycles. The summed E-state index contributed by atoms with van der Waals surface area (Å²) in [5.74, 6) is 0.637. The molecule has 2 atom stereocenters. The highest BCUT2D eigenvalue weighted by Crippen LogP contribution is 2.17. The average molecular weight is 205 g/mol. The van der Waals surface area contributed by atoms with Gasteiger partial charge in [-0.15, -0.1) is 0 Å². The van der Waals surface area contributed by atoms with Gasteiger partial charge in [0, 0.05) is 7.11 Å². The molecule has 0 aliphatic carbocycles. The second-order valence-electron chi connectivity index (χ2n) is 3.85. The Labute approximate surface area is 87.1 Å². The number of ether oxygens (including phenoxy) is 1. The highest BCUT2D eigenvalue weighted by molar-refractivity contribution is 6.19. The zero-order chi connectivity index (χ0) is 10.3. The van der Waals surface area contributed by atoms with E-state index in [1.807, 2.05) is 0 Å². The van der Waals surface area contributed by atoms with Crippen molar-refractivity contribution in [3.05, 3.63) is 11.6 Å². The van der Waals surface area contributed by atoms with Crippen LogP contribution in [-0.4, -0.2) is 12.7 Å². The molecule has 0 aliphatic heterocycles. The number of hydrogen-bond donors (Lipinski definition) is 0. The van der Waals surface area contributed by atoms with Crippen molar-refractivity contribution in [1.29, 1.82) is 0 Å². The SMILES string of the molecule is COC(Cl)CC(C)CCC=C(C)C. The van der Waals surface area contributed by atoms with Crippen molar-refractivity contribution in [2.24, 2.45) is 5.92 Å². The van der Waals surface area contributed by atoms with Crippen molar-refractivity contribution < 1.29 is 4.74 Å². The molecule has 2 unspecified atom stereocenters. The molecule has 0 aliphatic rings. The van der Waals surface area contributed by atoms with Gasteiger partial charge in [-0.25, -0.2) is 0 Å². The zero-order valence-corrected chi connectivity index (χ0v) is 9.90. The summed E-state index contributed by atoms with van der Waals surface area (Å²) >= 11 is 5.86. The van der Waals surface area contributed by atoms with Crippen molar-refractivity contribution in [3.8, 4) is 0 Å². The number of rotatable bonds is 6. The largest absolute Gasteiger partial charge is 0.366 e. The molecule has 0 saturated carbocycles. The maximum Gasteiger partial charge on any atom is 0.131 e. The molecule has 0 bridgehead atoms. The summed E-state index contributed by atoms with van der Waals surface area (Å²) in [5.41, 5.74) is 1.27. The lowest BCUT2D eigenvalue weighted by Gasteiger charge is -2.13.